The quantitative estimate of drug-likeness (QED) is 0.861. The molecule has 3 heteroatoms. The number of carbonyl (C=O) groups excluding carboxylic acids is 1. The number of hydrogen-bond acceptors (Lipinski definition) is 2. The van der Waals surface area contributed by atoms with Crippen LogP contribution in [0.1, 0.15) is 57.8 Å². The van der Waals surface area contributed by atoms with Gasteiger partial charge in [-0.25, -0.2) is 0 Å². The Morgan fingerprint density at radius 2 is 1.65 bits per heavy atom. The third-order valence-electron chi connectivity index (χ3n) is 6.87. The highest BCUT2D eigenvalue weighted by molar-refractivity contribution is 5.77. The maximum atomic E-state index is 12.6. The van der Waals surface area contributed by atoms with Gasteiger partial charge < -0.3 is 10.6 Å². The minimum atomic E-state index is -0.169. The molecule has 0 aromatic carbocycles. The van der Waals surface area contributed by atoms with E-state index >= 15 is 0 Å². The summed E-state index contributed by atoms with van der Waals surface area (Å²) in [5, 5.41) is 0. The molecule has 0 spiro atoms. The Balaban J connectivity index is 1.45. The van der Waals surface area contributed by atoms with Crippen LogP contribution in [-0.2, 0) is 4.79 Å². The van der Waals surface area contributed by atoms with Gasteiger partial charge in [0.05, 0.1) is 0 Å². The van der Waals surface area contributed by atoms with Gasteiger partial charge >= 0.3 is 0 Å². The van der Waals surface area contributed by atoms with Crippen LogP contribution in [0.5, 0.6) is 0 Å². The van der Waals surface area contributed by atoms with Crippen molar-refractivity contribution >= 4 is 5.91 Å². The number of rotatable bonds is 3. The molecule has 5 aliphatic rings. The summed E-state index contributed by atoms with van der Waals surface area (Å²) in [6, 6.07) is 0.527. The number of hydrogen-bond donors (Lipinski definition) is 1. The van der Waals surface area contributed by atoms with Crippen molar-refractivity contribution in [3.8, 4) is 0 Å². The maximum Gasteiger partial charge on any atom is 0.224 e. The van der Waals surface area contributed by atoms with Gasteiger partial charge in [0.2, 0.25) is 5.91 Å². The summed E-state index contributed by atoms with van der Waals surface area (Å²) in [5.74, 6) is 3.84. The fraction of sp³-hybridized carbons (Fsp3) is 0.941. The standard InChI is InChI=1S/C17H28N2O/c1-19(15(20)10-17(18)3-2-4-17)16-13-6-11-5-12(8-13)9-14(16)7-11/h11-14,16H,2-10,18H2,1H3. The second kappa shape index (κ2) is 4.46. The number of nitrogens with zero attached hydrogens (tertiary/aromatic N) is 1. The van der Waals surface area contributed by atoms with Crippen molar-refractivity contribution in [1.29, 1.82) is 0 Å². The first-order valence-electron chi connectivity index (χ1n) is 8.59. The van der Waals surface area contributed by atoms with Crippen molar-refractivity contribution in [3.05, 3.63) is 0 Å². The Hall–Kier alpha value is -0.570. The lowest BCUT2D eigenvalue weighted by Crippen LogP contribution is -2.58. The van der Waals surface area contributed by atoms with Gasteiger partial charge in [0.1, 0.15) is 0 Å². The summed E-state index contributed by atoms with van der Waals surface area (Å²) in [6.45, 7) is 0. The molecule has 0 radical (unpaired) electrons. The highest BCUT2D eigenvalue weighted by Gasteiger charge is 2.50. The Labute approximate surface area is 122 Å². The molecule has 0 aliphatic heterocycles. The lowest BCUT2D eigenvalue weighted by atomic mass is 9.54. The van der Waals surface area contributed by atoms with E-state index in [1.54, 1.807) is 0 Å². The molecule has 0 aromatic heterocycles. The molecule has 112 valence electrons. The predicted octanol–water partition coefficient (Wildman–Crippen LogP) is 2.54. The van der Waals surface area contributed by atoms with Crippen LogP contribution in [0.15, 0.2) is 0 Å². The first-order chi connectivity index (χ1) is 9.54. The van der Waals surface area contributed by atoms with E-state index in [4.69, 9.17) is 5.73 Å². The van der Waals surface area contributed by atoms with E-state index in [1.807, 2.05) is 0 Å². The average molecular weight is 276 g/mol. The van der Waals surface area contributed by atoms with Crippen LogP contribution in [0.25, 0.3) is 0 Å². The zero-order valence-electron chi connectivity index (χ0n) is 12.7. The Kier molecular flexibility index (Phi) is 2.93. The van der Waals surface area contributed by atoms with Crippen molar-refractivity contribution in [2.75, 3.05) is 7.05 Å². The smallest absolute Gasteiger partial charge is 0.224 e. The fourth-order valence-electron chi connectivity index (χ4n) is 5.93. The van der Waals surface area contributed by atoms with Crippen LogP contribution in [0.3, 0.4) is 0 Å². The van der Waals surface area contributed by atoms with Gasteiger partial charge in [-0.15, -0.1) is 0 Å². The van der Waals surface area contributed by atoms with Crippen LogP contribution < -0.4 is 5.73 Å². The number of nitrogens with two attached hydrogens (primary N) is 1. The molecule has 3 nitrogen and oxygen atoms in total. The van der Waals surface area contributed by atoms with E-state index < -0.39 is 0 Å². The van der Waals surface area contributed by atoms with E-state index in [9.17, 15) is 4.79 Å². The monoisotopic (exact) mass is 276 g/mol. The molecule has 5 saturated carbocycles. The van der Waals surface area contributed by atoms with Crippen molar-refractivity contribution in [2.24, 2.45) is 29.4 Å². The normalized spacial score (nSPS) is 44.2. The van der Waals surface area contributed by atoms with E-state index in [0.29, 0.717) is 18.4 Å². The summed E-state index contributed by atoms with van der Waals surface area (Å²) >= 11 is 0. The lowest BCUT2D eigenvalue weighted by Gasteiger charge is -2.56. The molecule has 4 bridgehead atoms. The molecule has 5 fully saturated rings. The average Bonchev–Trinajstić information content (AvgIpc) is 2.35. The second-order valence-corrected chi connectivity index (χ2v) is 8.32. The molecule has 0 unspecified atom stereocenters. The molecule has 5 rings (SSSR count). The summed E-state index contributed by atoms with van der Waals surface area (Å²) in [4.78, 5) is 14.7. The van der Waals surface area contributed by atoms with Crippen LogP contribution in [0.2, 0.25) is 0 Å². The molecule has 1 amide bonds. The van der Waals surface area contributed by atoms with Gasteiger partial charge in [-0.1, -0.05) is 0 Å². The van der Waals surface area contributed by atoms with Crippen molar-refractivity contribution < 1.29 is 4.79 Å². The van der Waals surface area contributed by atoms with Gasteiger partial charge in [0.15, 0.2) is 0 Å². The molecule has 0 aromatic rings. The van der Waals surface area contributed by atoms with E-state index in [-0.39, 0.29) is 5.54 Å². The first-order valence-corrected chi connectivity index (χ1v) is 8.59. The third kappa shape index (κ3) is 2.01. The predicted molar refractivity (Wildman–Crippen MR) is 79.0 cm³/mol. The number of amides is 1. The van der Waals surface area contributed by atoms with Crippen LogP contribution >= 0.6 is 0 Å². The molecular formula is C17H28N2O. The SMILES string of the molecule is CN(C(=O)CC1(N)CCC1)C1C2CC3CC(C2)CC1C3. The third-order valence-corrected chi connectivity index (χ3v) is 6.87. The topological polar surface area (TPSA) is 46.3 Å². The first kappa shape index (κ1) is 13.1. The second-order valence-electron chi connectivity index (χ2n) is 8.32. The molecule has 0 heterocycles. The van der Waals surface area contributed by atoms with Crippen molar-refractivity contribution in [2.45, 2.75) is 69.4 Å². The van der Waals surface area contributed by atoms with E-state index in [2.05, 4.69) is 11.9 Å². The summed E-state index contributed by atoms with van der Waals surface area (Å²) in [7, 11) is 2.05. The molecular weight excluding hydrogens is 248 g/mol. The van der Waals surface area contributed by atoms with Crippen molar-refractivity contribution in [1.82, 2.24) is 4.90 Å². The van der Waals surface area contributed by atoms with Crippen LogP contribution in [-0.4, -0.2) is 29.4 Å². The fourth-order valence-corrected chi connectivity index (χ4v) is 5.93. The highest BCUT2D eigenvalue weighted by atomic mass is 16.2. The number of carbonyl (C=O) groups is 1. The summed E-state index contributed by atoms with van der Waals surface area (Å²) in [6.07, 6.45) is 10.8. The van der Waals surface area contributed by atoms with Gasteiger partial charge in [-0.3, -0.25) is 4.79 Å². The van der Waals surface area contributed by atoms with Gasteiger partial charge in [-0.2, -0.15) is 0 Å². The molecule has 20 heavy (non-hydrogen) atoms. The van der Waals surface area contributed by atoms with Crippen molar-refractivity contribution in [3.63, 3.8) is 0 Å². The maximum absolute atomic E-state index is 12.6. The summed E-state index contributed by atoms with van der Waals surface area (Å²) in [5.41, 5.74) is 6.10. The molecule has 2 N–H and O–H groups in total. The molecule has 0 saturated heterocycles. The zero-order chi connectivity index (χ0) is 13.9. The zero-order valence-corrected chi connectivity index (χ0v) is 12.7. The Morgan fingerprint density at radius 1 is 1.10 bits per heavy atom. The van der Waals surface area contributed by atoms with Gasteiger partial charge in [0.25, 0.3) is 0 Å². The van der Waals surface area contributed by atoms with Crippen LogP contribution in [0, 0.1) is 23.7 Å². The Bertz CT molecular complexity index is 387. The van der Waals surface area contributed by atoms with Crippen LogP contribution in [0.4, 0.5) is 0 Å². The van der Waals surface area contributed by atoms with Gasteiger partial charge in [-0.05, 0) is 75.0 Å². The van der Waals surface area contributed by atoms with Gasteiger partial charge in [0, 0.05) is 25.0 Å². The largest absolute Gasteiger partial charge is 0.342 e. The molecule has 5 aliphatic carbocycles. The minimum absolute atomic E-state index is 0.169. The highest BCUT2D eigenvalue weighted by Crippen LogP contribution is 2.55. The van der Waals surface area contributed by atoms with E-state index in [1.165, 1.54) is 38.5 Å². The summed E-state index contributed by atoms with van der Waals surface area (Å²) < 4.78 is 0. The molecule has 0 atom stereocenters. The Morgan fingerprint density at radius 3 is 2.10 bits per heavy atom. The minimum Gasteiger partial charge on any atom is -0.342 e. The van der Waals surface area contributed by atoms with E-state index in [0.717, 1.165) is 36.5 Å². The lowest BCUT2D eigenvalue weighted by molar-refractivity contribution is -0.143.